The van der Waals surface area contributed by atoms with Crippen LogP contribution in [0.2, 0.25) is 0 Å². The zero-order valence-corrected chi connectivity index (χ0v) is 14.9. The van der Waals surface area contributed by atoms with Crippen LogP contribution < -0.4 is 5.32 Å². The number of carbonyl (C=O) groups is 1. The average Bonchev–Trinajstić information content (AvgIpc) is 3.11. The summed E-state index contributed by atoms with van der Waals surface area (Å²) >= 11 is 0. The van der Waals surface area contributed by atoms with Crippen molar-refractivity contribution in [2.45, 2.75) is 70.6 Å². The second-order valence-electron chi connectivity index (χ2n) is 6.91. The minimum absolute atomic E-state index is 0.176. The molecule has 1 aromatic heterocycles. The zero-order valence-electron chi connectivity index (χ0n) is 14.9. The minimum Gasteiger partial charge on any atom is -0.367 e. The number of ketones is 1. The molecule has 5 nitrogen and oxygen atoms in total. The summed E-state index contributed by atoms with van der Waals surface area (Å²) in [5.74, 6) is -0.120. The van der Waals surface area contributed by atoms with Gasteiger partial charge in [-0.2, -0.15) is 0 Å². The standard InChI is InChI=1S/C19H27FN2O3/c1-13(23)15-12-16(20)17(9-11-25-18-8-4-5-10-24-18)22-19(15)21-14-6-2-3-7-14/h12,14,18H,2-11H2,1H3,(H,21,22). The van der Waals surface area contributed by atoms with Crippen molar-refractivity contribution in [3.63, 3.8) is 0 Å². The van der Waals surface area contributed by atoms with Crippen LogP contribution in [0.25, 0.3) is 0 Å². The van der Waals surface area contributed by atoms with E-state index in [2.05, 4.69) is 10.3 Å². The van der Waals surface area contributed by atoms with E-state index in [9.17, 15) is 9.18 Å². The number of hydrogen-bond acceptors (Lipinski definition) is 5. The maximum absolute atomic E-state index is 14.3. The van der Waals surface area contributed by atoms with Crippen molar-refractivity contribution in [1.82, 2.24) is 4.98 Å². The Kier molecular flexibility index (Phi) is 6.37. The van der Waals surface area contributed by atoms with Crippen molar-refractivity contribution >= 4 is 11.6 Å². The highest BCUT2D eigenvalue weighted by molar-refractivity contribution is 5.98. The molecule has 1 atom stereocenters. The van der Waals surface area contributed by atoms with Crippen LogP contribution in [0, 0.1) is 5.82 Å². The molecule has 0 spiro atoms. The number of carbonyl (C=O) groups excluding carboxylic acids is 1. The van der Waals surface area contributed by atoms with Gasteiger partial charge >= 0.3 is 0 Å². The maximum atomic E-state index is 14.3. The minimum atomic E-state index is -0.449. The first kappa shape index (κ1) is 18.3. The topological polar surface area (TPSA) is 60.5 Å². The van der Waals surface area contributed by atoms with Crippen LogP contribution >= 0.6 is 0 Å². The van der Waals surface area contributed by atoms with E-state index in [1.165, 1.54) is 25.8 Å². The number of nitrogens with zero attached hydrogens (tertiary/aromatic N) is 1. The molecule has 1 unspecified atom stereocenters. The molecule has 2 aliphatic rings. The summed E-state index contributed by atoms with van der Waals surface area (Å²) in [6, 6.07) is 1.62. The van der Waals surface area contributed by atoms with Crippen LogP contribution in [0.15, 0.2) is 6.07 Å². The predicted molar refractivity (Wildman–Crippen MR) is 93.3 cm³/mol. The van der Waals surface area contributed by atoms with Crippen molar-refractivity contribution in [2.75, 3.05) is 18.5 Å². The lowest BCUT2D eigenvalue weighted by Crippen LogP contribution is -2.23. The quantitative estimate of drug-likeness (QED) is 0.757. The van der Waals surface area contributed by atoms with Gasteiger partial charge in [-0.25, -0.2) is 9.37 Å². The molecule has 0 bridgehead atoms. The molecule has 0 radical (unpaired) electrons. The maximum Gasteiger partial charge on any atom is 0.163 e. The molecule has 1 aliphatic carbocycles. The van der Waals surface area contributed by atoms with E-state index in [1.54, 1.807) is 0 Å². The van der Waals surface area contributed by atoms with Gasteiger partial charge in [-0.05, 0) is 45.1 Å². The number of hydrogen-bond donors (Lipinski definition) is 1. The van der Waals surface area contributed by atoms with Gasteiger partial charge in [0.15, 0.2) is 12.1 Å². The molecular weight excluding hydrogens is 323 g/mol. The largest absolute Gasteiger partial charge is 0.367 e. The smallest absolute Gasteiger partial charge is 0.163 e. The monoisotopic (exact) mass is 350 g/mol. The van der Waals surface area contributed by atoms with E-state index >= 15 is 0 Å². The molecule has 6 heteroatoms. The molecule has 0 amide bonds. The van der Waals surface area contributed by atoms with Gasteiger partial charge in [0.25, 0.3) is 0 Å². The van der Waals surface area contributed by atoms with Gasteiger partial charge in [-0.15, -0.1) is 0 Å². The van der Waals surface area contributed by atoms with E-state index in [-0.39, 0.29) is 12.1 Å². The highest BCUT2D eigenvalue weighted by Gasteiger charge is 2.21. The summed E-state index contributed by atoms with van der Waals surface area (Å²) in [5.41, 5.74) is 0.658. The summed E-state index contributed by atoms with van der Waals surface area (Å²) in [5, 5.41) is 3.33. The first-order chi connectivity index (χ1) is 12.1. The van der Waals surface area contributed by atoms with Crippen molar-refractivity contribution in [2.24, 2.45) is 0 Å². The van der Waals surface area contributed by atoms with Crippen molar-refractivity contribution in [1.29, 1.82) is 0 Å². The lowest BCUT2D eigenvalue weighted by molar-refractivity contribution is -0.161. The third-order valence-corrected chi connectivity index (χ3v) is 4.90. The Balaban J connectivity index is 1.66. The van der Waals surface area contributed by atoms with Gasteiger partial charge < -0.3 is 14.8 Å². The van der Waals surface area contributed by atoms with Crippen LogP contribution in [0.1, 0.15) is 67.9 Å². The Labute approximate surface area is 148 Å². The van der Waals surface area contributed by atoms with Gasteiger partial charge in [-0.3, -0.25) is 4.79 Å². The van der Waals surface area contributed by atoms with Crippen molar-refractivity contribution in [3.05, 3.63) is 23.1 Å². The van der Waals surface area contributed by atoms with E-state index in [0.29, 0.717) is 36.1 Å². The fourth-order valence-corrected chi connectivity index (χ4v) is 3.47. The van der Waals surface area contributed by atoms with Gasteiger partial charge in [0, 0.05) is 19.1 Å². The number of Topliss-reactive ketones (excluding diaryl/α,β-unsaturated/α-hetero) is 1. The van der Waals surface area contributed by atoms with Gasteiger partial charge in [0.05, 0.1) is 17.9 Å². The van der Waals surface area contributed by atoms with E-state index in [0.717, 1.165) is 38.7 Å². The molecule has 1 aromatic rings. The first-order valence-corrected chi connectivity index (χ1v) is 9.33. The number of aromatic nitrogens is 1. The molecule has 1 aliphatic heterocycles. The Morgan fingerprint density at radius 2 is 2.08 bits per heavy atom. The van der Waals surface area contributed by atoms with Crippen LogP contribution in [0.3, 0.4) is 0 Å². The fraction of sp³-hybridized carbons (Fsp3) is 0.684. The highest BCUT2D eigenvalue weighted by Crippen LogP contribution is 2.25. The number of rotatable bonds is 7. The Bertz CT molecular complexity index is 597. The van der Waals surface area contributed by atoms with Crippen LogP contribution in [-0.2, 0) is 15.9 Å². The van der Waals surface area contributed by atoms with Crippen molar-refractivity contribution < 1.29 is 18.7 Å². The number of ether oxygens (including phenoxy) is 2. The molecule has 1 saturated carbocycles. The van der Waals surface area contributed by atoms with Gasteiger partial charge in [-0.1, -0.05) is 12.8 Å². The summed E-state index contributed by atoms with van der Waals surface area (Å²) in [6.07, 6.45) is 7.70. The molecule has 138 valence electrons. The number of anilines is 1. The Morgan fingerprint density at radius 1 is 1.32 bits per heavy atom. The molecule has 2 fully saturated rings. The number of halogens is 1. The SMILES string of the molecule is CC(=O)c1cc(F)c(CCOC2CCCCO2)nc1NC1CCCC1. The lowest BCUT2D eigenvalue weighted by Gasteiger charge is -2.22. The third-order valence-electron chi connectivity index (χ3n) is 4.90. The first-order valence-electron chi connectivity index (χ1n) is 9.33. The molecule has 3 rings (SSSR count). The molecule has 0 aromatic carbocycles. The molecule has 25 heavy (non-hydrogen) atoms. The van der Waals surface area contributed by atoms with Crippen LogP contribution in [0.5, 0.6) is 0 Å². The fourth-order valence-electron chi connectivity index (χ4n) is 3.47. The zero-order chi connectivity index (χ0) is 17.6. The van der Waals surface area contributed by atoms with E-state index in [4.69, 9.17) is 9.47 Å². The van der Waals surface area contributed by atoms with Crippen LogP contribution in [0.4, 0.5) is 10.2 Å². The molecule has 1 saturated heterocycles. The molecule has 2 heterocycles. The molecule has 1 N–H and O–H groups in total. The Morgan fingerprint density at radius 3 is 2.76 bits per heavy atom. The third kappa shape index (κ3) is 4.98. The predicted octanol–water partition coefficient (Wildman–Crippen LogP) is 3.86. The van der Waals surface area contributed by atoms with Gasteiger partial charge in [0.2, 0.25) is 0 Å². The average molecular weight is 350 g/mol. The summed E-state index contributed by atoms with van der Waals surface area (Å²) in [4.78, 5) is 16.2. The lowest BCUT2D eigenvalue weighted by atomic mass is 10.1. The second kappa shape index (κ2) is 8.72. The summed E-state index contributed by atoms with van der Waals surface area (Å²) in [6.45, 7) is 2.52. The second-order valence-corrected chi connectivity index (χ2v) is 6.91. The Hall–Kier alpha value is -1.53. The van der Waals surface area contributed by atoms with E-state index < -0.39 is 5.82 Å². The number of nitrogens with one attached hydrogen (secondary N) is 1. The summed E-state index contributed by atoms with van der Waals surface area (Å²) < 4.78 is 25.5. The highest BCUT2D eigenvalue weighted by atomic mass is 19.1. The van der Waals surface area contributed by atoms with Crippen molar-refractivity contribution in [3.8, 4) is 0 Å². The number of pyridine rings is 1. The normalized spacial score (nSPS) is 21.4. The van der Waals surface area contributed by atoms with Gasteiger partial charge in [0.1, 0.15) is 11.6 Å². The molecular formula is C19H27FN2O3. The van der Waals surface area contributed by atoms with E-state index in [1.807, 2.05) is 0 Å². The van der Waals surface area contributed by atoms with Crippen LogP contribution in [-0.4, -0.2) is 36.3 Å². The summed E-state index contributed by atoms with van der Waals surface area (Å²) in [7, 11) is 0.